The summed E-state index contributed by atoms with van der Waals surface area (Å²) in [6.07, 6.45) is 0. The van der Waals surface area contributed by atoms with Crippen LogP contribution in [0.1, 0.15) is 10.4 Å². The first kappa shape index (κ1) is 14.0. The van der Waals surface area contributed by atoms with E-state index < -0.39 is 0 Å². The van der Waals surface area contributed by atoms with Gasteiger partial charge < -0.3 is 11.1 Å². The van der Waals surface area contributed by atoms with Crippen LogP contribution in [0.25, 0.3) is 0 Å². The molecule has 19 heavy (non-hydrogen) atoms. The Bertz CT molecular complexity index is 621. The Morgan fingerprint density at radius 1 is 1.00 bits per heavy atom. The van der Waals surface area contributed by atoms with Crippen LogP contribution in [0.5, 0.6) is 0 Å². The molecule has 98 valence electrons. The van der Waals surface area contributed by atoms with E-state index in [1.54, 1.807) is 24.3 Å². The van der Waals surface area contributed by atoms with Gasteiger partial charge in [0, 0.05) is 5.69 Å². The molecule has 3 nitrogen and oxygen atoms in total. The topological polar surface area (TPSA) is 55.1 Å². The quantitative estimate of drug-likeness (QED) is 0.803. The zero-order chi connectivity index (χ0) is 14.0. The standard InChI is InChI=1S/C13H9Cl3N2O/c14-9-4-2-1-3-8(9)13(19)18-7-5-10(15)12(17)11(16)6-7/h1-6H,17H2,(H,18,19). The lowest BCUT2D eigenvalue weighted by molar-refractivity contribution is 0.102. The number of amides is 1. The van der Waals surface area contributed by atoms with Crippen molar-refractivity contribution in [3.05, 3.63) is 57.0 Å². The Kier molecular flexibility index (Phi) is 4.20. The Labute approximate surface area is 125 Å². The molecule has 0 saturated carbocycles. The van der Waals surface area contributed by atoms with Gasteiger partial charge in [0.15, 0.2) is 0 Å². The molecule has 0 unspecified atom stereocenters. The predicted octanol–water partition coefficient (Wildman–Crippen LogP) is 4.48. The van der Waals surface area contributed by atoms with Crippen LogP contribution < -0.4 is 11.1 Å². The van der Waals surface area contributed by atoms with Crippen LogP contribution in [0.15, 0.2) is 36.4 Å². The van der Waals surface area contributed by atoms with Gasteiger partial charge in [-0.3, -0.25) is 4.79 Å². The highest BCUT2D eigenvalue weighted by Crippen LogP contribution is 2.31. The minimum absolute atomic E-state index is 0.277. The molecule has 2 aromatic rings. The second kappa shape index (κ2) is 5.70. The highest BCUT2D eigenvalue weighted by molar-refractivity contribution is 6.39. The molecule has 0 bridgehead atoms. The largest absolute Gasteiger partial charge is 0.396 e. The van der Waals surface area contributed by atoms with E-state index in [-0.39, 0.29) is 21.6 Å². The van der Waals surface area contributed by atoms with Gasteiger partial charge in [0.1, 0.15) is 0 Å². The third-order valence-electron chi connectivity index (χ3n) is 2.46. The van der Waals surface area contributed by atoms with Crippen LogP contribution in [0, 0.1) is 0 Å². The molecule has 0 aliphatic carbocycles. The fourth-order valence-electron chi connectivity index (χ4n) is 1.50. The molecule has 0 atom stereocenters. The van der Waals surface area contributed by atoms with Crippen molar-refractivity contribution in [2.45, 2.75) is 0 Å². The molecule has 1 amide bonds. The average Bonchev–Trinajstić information content (AvgIpc) is 2.36. The fraction of sp³-hybridized carbons (Fsp3) is 0. The van der Waals surface area contributed by atoms with Crippen molar-refractivity contribution < 1.29 is 4.79 Å². The number of carbonyl (C=O) groups excluding carboxylic acids is 1. The summed E-state index contributed by atoms with van der Waals surface area (Å²) in [6, 6.07) is 9.78. The maximum atomic E-state index is 12.0. The van der Waals surface area contributed by atoms with Crippen LogP contribution in [0.2, 0.25) is 15.1 Å². The second-order valence-corrected chi connectivity index (χ2v) is 5.01. The van der Waals surface area contributed by atoms with Crippen LogP contribution in [0.3, 0.4) is 0 Å². The first-order valence-electron chi connectivity index (χ1n) is 5.29. The SMILES string of the molecule is Nc1c(Cl)cc(NC(=O)c2ccccc2Cl)cc1Cl. The molecule has 0 fully saturated rings. The Hall–Kier alpha value is -1.42. The van der Waals surface area contributed by atoms with E-state index in [0.717, 1.165) is 0 Å². The normalized spacial score (nSPS) is 10.3. The van der Waals surface area contributed by atoms with E-state index in [1.165, 1.54) is 12.1 Å². The van der Waals surface area contributed by atoms with E-state index in [2.05, 4.69) is 5.32 Å². The maximum Gasteiger partial charge on any atom is 0.257 e. The molecular weight excluding hydrogens is 307 g/mol. The summed E-state index contributed by atoms with van der Waals surface area (Å²) in [5.41, 5.74) is 6.72. The molecule has 2 aromatic carbocycles. The average molecular weight is 316 g/mol. The molecular formula is C13H9Cl3N2O. The number of hydrogen-bond donors (Lipinski definition) is 2. The van der Waals surface area contributed by atoms with Crippen molar-refractivity contribution >= 4 is 52.1 Å². The van der Waals surface area contributed by atoms with E-state index in [9.17, 15) is 4.79 Å². The lowest BCUT2D eigenvalue weighted by Crippen LogP contribution is -2.12. The number of carbonyl (C=O) groups is 1. The predicted molar refractivity (Wildman–Crippen MR) is 80.3 cm³/mol. The van der Waals surface area contributed by atoms with Crippen LogP contribution in [0.4, 0.5) is 11.4 Å². The van der Waals surface area contributed by atoms with E-state index >= 15 is 0 Å². The second-order valence-electron chi connectivity index (χ2n) is 3.79. The Balaban J connectivity index is 2.27. The van der Waals surface area contributed by atoms with Crippen LogP contribution in [-0.4, -0.2) is 5.91 Å². The van der Waals surface area contributed by atoms with Crippen molar-refractivity contribution in [3.63, 3.8) is 0 Å². The van der Waals surface area contributed by atoms with Gasteiger partial charge in [0.05, 0.1) is 26.3 Å². The molecule has 0 saturated heterocycles. The number of nitrogens with one attached hydrogen (secondary N) is 1. The summed E-state index contributed by atoms with van der Waals surface area (Å²) < 4.78 is 0. The summed E-state index contributed by atoms with van der Waals surface area (Å²) >= 11 is 17.7. The smallest absolute Gasteiger partial charge is 0.257 e. The molecule has 0 radical (unpaired) electrons. The molecule has 6 heteroatoms. The minimum Gasteiger partial charge on any atom is -0.396 e. The Morgan fingerprint density at radius 3 is 2.16 bits per heavy atom. The minimum atomic E-state index is -0.345. The molecule has 0 spiro atoms. The monoisotopic (exact) mass is 314 g/mol. The molecule has 2 rings (SSSR count). The first-order valence-corrected chi connectivity index (χ1v) is 6.43. The van der Waals surface area contributed by atoms with Crippen molar-refractivity contribution in [2.24, 2.45) is 0 Å². The number of benzene rings is 2. The van der Waals surface area contributed by atoms with Gasteiger partial charge in [-0.2, -0.15) is 0 Å². The number of rotatable bonds is 2. The summed E-state index contributed by atoms with van der Waals surface area (Å²) in [5.74, 6) is -0.345. The zero-order valence-electron chi connectivity index (χ0n) is 9.58. The molecule has 0 aromatic heterocycles. The third-order valence-corrected chi connectivity index (χ3v) is 3.41. The van der Waals surface area contributed by atoms with Gasteiger partial charge in [-0.05, 0) is 24.3 Å². The lowest BCUT2D eigenvalue weighted by atomic mass is 10.2. The maximum absolute atomic E-state index is 12.0. The van der Waals surface area contributed by atoms with Crippen molar-refractivity contribution in [2.75, 3.05) is 11.1 Å². The molecule has 0 heterocycles. The van der Waals surface area contributed by atoms with Gasteiger partial charge in [-0.25, -0.2) is 0 Å². The van der Waals surface area contributed by atoms with Gasteiger partial charge in [-0.1, -0.05) is 46.9 Å². The van der Waals surface area contributed by atoms with Gasteiger partial charge in [0.25, 0.3) is 5.91 Å². The summed E-state index contributed by atoms with van der Waals surface area (Å²) in [7, 11) is 0. The molecule has 0 aliphatic rings. The summed E-state index contributed by atoms with van der Waals surface area (Å²) in [6.45, 7) is 0. The fourth-order valence-corrected chi connectivity index (χ4v) is 2.21. The van der Waals surface area contributed by atoms with E-state index in [0.29, 0.717) is 16.3 Å². The number of anilines is 2. The molecule has 3 N–H and O–H groups in total. The highest BCUT2D eigenvalue weighted by Gasteiger charge is 2.11. The first-order chi connectivity index (χ1) is 8.99. The van der Waals surface area contributed by atoms with Crippen molar-refractivity contribution in [1.82, 2.24) is 0 Å². The molecule has 0 aliphatic heterocycles. The van der Waals surface area contributed by atoms with E-state index in [1.807, 2.05) is 0 Å². The van der Waals surface area contributed by atoms with E-state index in [4.69, 9.17) is 40.5 Å². The number of nitrogens with two attached hydrogens (primary N) is 1. The van der Waals surface area contributed by atoms with Crippen molar-refractivity contribution in [3.8, 4) is 0 Å². The zero-order valence-corrected chi connectivity index (χ0v) is 11.9. The number of hydrogen-bond acceptors (Lipinski definition) is 2. The Morgan fingerprint density at radius 2 is 1.58 bits per heavy atom. The van der Waals surface area contributed by atoms with Gasteiger partial charge >= 0.3 is 0 Å². The third kappa shape index (κ3) is 3.13. The van der Waals surface area contributed by atoms with Crippen LogP contribution in [-0.2, 0) is 0 Å². The summed E-state index contributed by atoms with van der Waals surface area (Å²) in [4.78, 5) is 12.0. The van der Waals surface area contributed by atoms with Gasteiger partial charge in [0.2, 0.25) is 0 Å². The lowest BCUT2D eigenvalue weighted by Gasteiger charge is -2.09. The van der Waals surface area contributed by atoms with Gasteiger partial charge in [-0.15, -0.1) is 0 Å². The highest BCUT2D eigenvalue weighted by atomic mass is 35.5. The van der Waals surface area contributed by atoms with Crippen molar-refractivity contribution in [1.29, 1.82) is 0 Å². The van der Waals surface area contributed by atoms with Crippen LogP contribution >= 0.6 is 34.8 Å². The number of nitrogen functional groups attached to an aromatic ring is 1. The summed E-state index contributed by atoms with van der Waals surface area (Å²) in [5, 5.41) is 3.59. The number of halogens is 3.